The first-order valence-electron chi connectivity index (χ1n) is 3.41. The first kappa shape index (κ1) is 6.84. The van der Waals surface area contributed by atoms with E-state index in [0.29, 0.717) is 5.76 Å². The van der Waals surface area contributed by atoms with E-state index in [4.69, 9.17) is 9.62 Å². The van der Waals surface area contributed by atoms with E-state index in [1.165, 1.54) is 6.21 Å². The van der Waals surface area contributed by atoms with Crippen molar-refractivity contribution in [2.24, 2.45) is 5.16 Å². The maximum atomic E-state index is 8.24. The van der Waals surface area contributed by atoms with Crippen LogP contribution in [0, 0.1) is 0 Å². The molecule has 0 aliphatic heterocycles. The summed E-state index contributed by atoms with van der Waals surface area (Å²) in [5.74, 6) is 0.514. The molecule has 12 heavy (non-hydrogen) atoms. The quantitative estimate of drug-likeness (QED) is 0.394. The Morgan fingerprint density at radius 2 is 2.50 bits per heavy atom. The van der Waals surface area contributed by atoms with Crippen molar-refractivity contribution >= 4 is 17.2 Å². The molecule has 0 saturated heterocycles. The first-order chi connectivity index (χ1) is 5.90. The van der Waals surface area contributed by atoms with E-state index in [-0.39, 0.29) is 0 Å². The van der Waals surface area contributed by atoms with Gasteiger partial charge in [0.05, 0.1) is 0 Å². The summed E-state index contributed by atoms with van der Waals surface area (Å²) >= 11 is 0. The minimum absolute atomic E-state index is 0.514. The summed E-state index contributed by atoms with van der Waals surface area (Å²) in [6, 6.07) is 3.51. The van der Waals surface area contributed by atoms with E-state index < -0.39 is 0 Å². The zero-order chi connectivity index (χ0) is 8.39. The maximum absolute atomic E-state index is 8.24. The van der Waals surface area contributed by atoms with Crippen LogP contribution in [0.3, 0.4) is 0 Å². The predicted octanol–water partition coefficient (Wildman–Crippen LogP) is 1.64. The summed E-state index contributed by atoms with van der Waals surface area (Å²) < 4.78 is 5.26. The van der Waals surface area contributed by atoms with Crippen molar-refractivity contribution in [3.05, 3.63) is 30.3 Å². The lowest BCUT2D eigenvalue weighted by molar-refractivity contribution is 0.321. The zero-order valence-corrected chi connectivity index (χ0v) is 6.14. The van der Waals surface area contributed by atoms with Crippen LogP contribution in [-0.2, 0) is 0 Å². The molecular weight excluding hydrogens is 156 g/mol. The molecule has 0 bridgehead atoms. The second-order valence-corrected chi connectivity index (χ2v) is 2.31. The fourth-order valence-electron chi connectivity index (χ4n) is 1.03. The van der Waals surface area contributed by atoms with Gasteiger partial charge in [-0.3, -0.25) is 4.98 Å². The molecule has 0 aromatic carbocycles. The Bertz CT molecular complexity index is 387. The second kappa shape index (κ2) is 2.65. The lowest BCUT2D eigenvalue weighted by Crippen LogP contribution is -1.70. The molecule has 0 atom stereocenters. The molecular formula is C8H6N2O2. The van der Waals surface area contributed by atoms with Gasteiger partial charge >= 0.3 is 0 Å². The van der Waals surface area contributed by atoms with Crippen LogP contribution >= 0.6 is 0 Å². The van der Waals surface area contributed by atoms with Gasteiger partial charge in [0.15, 0.2) is 0 Å². The first-order valence-corrected chi connectivity index (χ1v) is 3.41. The van der Waals surface area contributed by atoms with Crippen LogP contribution in [0.1, 0.15) is 5.76 Å². The normalized spacial score (nSPS) is 11.3. The zero-order valence-electron chi connectivity index (χ0n) is 6.14. The fraction of sp³-hybridized carbons (Fsp3) is 0. The van der Waals surface area contributed by atoms with Crippen molar-refractivity contribution < 1.29 is 9.62 Å². The van der Waals surface area contributed by atoms with Crippen molar-refractivity contribution in [2.45, 2.75) is 0 Å². The van der Waals surface area contributed by atoms with Crippen molar-refractivity contribution in [3.63, 3.8) is 0 Å². The van der Waals surface area contributed by atoms with Crippen molar-refractivity contribution in [2.75, 3.05) is 0 Å². The number of rotatable bonds is 1. The second-order valence-electron chi connectivity index (χ2n) is 2.31. The number of nitrogens with zero attached hydrogens (tertiary/aromatic N) is 2. The number of hydrogen-bond acceptors (Lipinski definition) is 4. The maximum Gasteiger partial charge on any atom is 0.149 e. The molecule has 0 radical (unpaired) electrons. The SMILES string of the molecule is O/N=C/c1cc2cnccc2o1. The highest BCUT2D eigenvalue weighted by Crippen LogP contribution is 2.15. The molecule has 0 unspecified atom stereocenters. The standard InChI is InChI=1S/C8H6N2O2/c11-10-5-7-3-6-4-9-2-1-8(6)12-7/h1-5,11H/b10-5+. The van der Waals surface area contributed by atoms with E-state index in [9.17, 15) is 0 Å². The third kappa shape index (κ3) is 1.03. The van der Waals surface area contributed by atoms with Gasteiger partial charge in [-0.25, -0.2) is 0 Å². The Morgan fingerprint density at radius 3 is 3.25 bits per heavy atom. The number of hydrogen-bond donors (Lipinski definition) is 1. The summed E-state index contributed by atoms with van der Waals surface area (Å²) in [5.41, 5.74) is 0.736. The number of pyridine rings is 1. The van der Waals surface area contributed by atoms with E-state index in [0.717, 1.165) is 11.0 Å². The van der Waals surface area contributed by atoms with Crippen LogP contribution in [0.2, 0.25) is 0 Å². The summed E-state index contributed by atoms with van der Waals surface area (Å²) in [5, 5.41) is 12.0. The highest BCUT2D eigenvalue weighted by atomic mass is 16.4. The van der Waals surface area contributed by atoms with Crippen LogP contribution < -0.4 is 0 Å². The number of aromatic nitrogens is 1. The van der Waals surface area contributed by atoms with Gasteiger partial charge in [0.2, 0.25) is 0 Å². The van der Waals surface area contributed by atoms with Crippen LogP contribution in [0.25, 0.3) is 11.0 Å². The Labute approximate surface area is 68.1 Å². The van der Waals surface area contributed by atoms with Crippen molar-refractivity contribution in [3.8, 4) is 0 Å². The minimum Gasteiger partial charge on any atom is -0.455 e. The number of furan rings is 1. The lowest BCUT2D eigenvalue weighted by Gasteiger charge is -1.81. The fourth-order valence-corrected chi connectivity index (χ4v) is 1.03. The van der Waals surface area contributed by atoms with Crippen molar-refractivity contribution in [1.29, 1.82) is 0 Å². The Hall–Kier alpha value is -1.84. The molecule has 2 aromatic rings. The van der Waals surface area contributed by atoms with Gasteiger partial charge in [-0.1, -0.05) is 5.16 Å². The van der Waals surface area contributed by atoms with E-state index in [2.05, 4.69) is 10.1 Å². The molecule has 2 aromatic heterocycles. The van der Waals surface area contributed by atoms with Gasteiger partial charge in [-0.05, 0) is 12.1 Å². The molecule has 2 rings (SSSR count). The molecule has 0 saturated carbocycles. The van der Waals surface area contributed by atoms with E-state index in [1.54, 1.807) is 24.5 Å². The summed E-state index contributed by atoms with van der Waals surface area (Å²) in [7, 11) is 0. The molecule has 60 valence electrons. The average molecular weight is 162 g/mol. The van der Waals surface area contributed by atoms with Crippen LogP contribution in [-0.4, -0.2) is 16.4 Å². The third-order valence-corrected chi connectivity index (χ3v) is 1.52. The Balaban J connectivity index is 2.62. The van der Waals surface area contributed by atoms with Gasteiger partial charge in [0.1, 0.15) is 17.6 Å². The molecule has 0 amide bonds. The summed E-state index contributed by atoms with van der Waals surface area (Å²) in [6.45, 7) is 0. The van der Waals surface area contributed by atoms with Crippen molar-refractivity contribution in [1.82, 2.24) is 4.98 Å². The molecule has 0 aliphatic carbocycles. The van der Waals surface area contributed by atoms with Crippen LogP contribution in [0.4, 0.5) is 0 Å². The average Bonchev–Trinajstić information content (AvgIpc) is 2.47. The smallest absolute Gasteiger partial charge is 0.149 e. The van der Waals surface area contributed by atoms with Gasteiger partial charge in [-0.2, -0.15) is 0 Å². The Morgan fingerprint density at radius 1 is 1.58 bits per heavy atom. The van der Waals surface area contributed by atoms with Gasteiger partial charge in [0.25, 0.3) is 0 Å². The molecule has 0 fully saturated rings. The number of fused-ring (bicyclic) bond motifs is 1. The van der Waals surface area contributed by atoms with E-state index in [1.807, 2.05) is 0 Å². The third-order valence-electron chi connectivity index (χ3n) is 1.52. The molecule has 0 aliphatic rings. The predicted molar refractivity (Wildman–Crippen MR) is 43.4 cm³/mol. The van der Waals surface area contributed by atoms with Crippen LogP contribution in [0.15, 0.2) is 34.1 Å². The molecule has 2 heterocycles. The Kier molecular flexibility index (Phi) is 1.51. The van der Waals surface area contributed by atoms with Gasteiger partial charge in [-0.15, -0.1) is 0 Å². The molecule has 0 spiro atoms. The molecule has 4 nitrogen and oxygen atoms in total. The highest BCUT2D eigenvalue weighted by molar-refractivity contribution is 5.85. The summed E-state index contributed by atoms with van der Waals surface area (Å²) in [4.78, 5) is 3.92. The molecule has 4 heteroatoms. The minimum atomic E-state index is 0.514. The summed E-state index contributed by atoms with van der Waals surface area (Å²) in [6.07, 6.45) is 4.57. The largest absolute Gasteiger partial charge is 0.455 e. The monoisotopic (exact) mass is 162 g/mol. The van der Waals surface area contributed by atoms with E-state index >= 15 is 0 Å². The van der Waals surface area contributed by atoms with Gasteiger partial charge in [0, 0.05) is 17.8 Å². The molecule has 1 N–H and O–H groups in total. The van der Waals surface area contributed by atoms with Gasteiger partial charge < -0.3 is 9.62 Å². The topological polar surface area (TPSA) is 58.6 Å². The lowest BCUT2D eigenvalue weighted by atomic mass is 10.3. The van der Waals surface area contributed by atoms with Crippen LogP contribution in [0.5, 0.6) is 0 Å². The number of oxime groups is 1. The highest BCUT2D eigenvalue weighted by Gasteiger charge is 1.99.